The van der Waals surface area contributed by atoms with Crippen molar-refractivity contribution in [1.82, 2.24) is 19.5 Å². The summed E-state index contributed by atoms with van der Waals surface area (Å²) >= 11 is 0. The van der Waals surface area contributed by atoms with Crippen molar-refractivity contribution in [3.8, 4) is 0 Å². The molecule has 0 bridgehead atoms. The number of rotatable bonds is 4. The van der Waals surface area contributed by atoms with E-state index in [2.05, 4.69) is 20.3 Å². The fourth-order valence-electron chi connectivity index (χ4n) is 2.41. The molecule has 8 nitrogen and oxygen atoms in total. The predicted molar refractivity (Wildman–Crippen MR) is 71.1 cm³/mol. The van der Waals surface area contributed by atoms with E-state index in [1.54, 1.807) is 10.9 Å². The minimum atomic E-state index is -0.683. The maximum atomic E-state index is 9.81. The van der Waals surface area contributed by atoms with Crippen LogP contribution in [0.1, 0.15) is 19.6 Å². The molecule has 3 N–H and O–H groups in total. The Bertz CT molecular complexity index is 602. The second kappa shape index (κ2) is 5.31. The van der Waals surface area contributed by atoms with Crippen LogP contribution in [0.4, 0.5) is 5.82 Å². The minimum Gasteiger partial charge on any atom is -0.394 e. The number of imidazole rings is 1. The van der Waals surface area contributed by atoms with Gasteiger partial charge in [-0.2, -0.15) is 0 Å². The lowest BCUT2D eigenvalue weighted by atomic mass is 10.2. The molecule has 1 aliphatic heterocycles. The molecule has 0 aromatic carbocycles. The number of hydrogen-bond acceptors (Lipinski definition) is 7. The van der Waals surface area contributed by atoms with Crippen LogP contribution in [0, 0.1) is 0 Å². The number of aliphatic hydroxyl groups is 2. The van der Waals surface area contributed by atoms with Crippen LogP contribution in [0.2, 0.25) is 0 Å². The number of aliphatic hydroxyl groups excluding tert-OH is 2. The topological polar surface area (TPSA) is 105 Å². The highest BCUT2D eigenvalue weighted by molar-refractivity contribution is 5.82. The molecule has 8 heteroatoms. The molecule has 0 saturated carbocycles. The first-order valence-electron chi connectivity index (χ1n) is 6.60. The van der Waals surface area contributed by atoms with Crippen molar-refractivity contribution >= 4 is 17.0 Å². The zero-order valence-electron chi connectivity index (χ0n) is 11.1. The van der Waals surface area contributed by atoms with E-state index in [0.717, 1.165) is 6.54 Å². The predicted octanol–water partition coefficient (Wildman–Crippen LogP) is -0.101. The van der Waals surface area contributed by atoms with Crippen LogP contribution in [0.15, 0.2) is 12.7 Å². The van der Waals surface area contributed by atoms with E-state index in [4.69, 9.17) is 9.84 Å². The molecular formula is C12H17N5O3. The smallest absolute Gasteiger partial charge is 0.167 e. The van der Waals surface area contributed by atoms with Gasteiger partial charge in [0.05, 0.1) is 19.0 Å². The molecule has 20 heavy (non-hydrogen) atoms. The maximum Gasteiger partial charge on any atom is 0.167 e. The van der Waals surface area contributed by atoms with Gasteiger partial charge in [-0.1, -0.05) is 0 Å². The average Bonchev–Trinajstić information content (AvgIpc) is 3.03. The third-order valence-electron chi connectivity index (χ3n) is 3.40. The summed E-state index contributed by atoms with van der Waals surface area (Å²) in [4.78, 5) is 12.7. The van der Waals surface area contributed by atoms with Crippen LogP contribution in [-0.4, -0.2) is 55.1 Å². The Morgan fingerprint density at radius 3 is 3.00 bits per heavy atom. The van der Waals surface area contributed by atoms with E-state index in [0.29, 0.717) is 23.4 Å². The van der Waals surface area contributed by atoms with Crippen LogP contribution in [0.3, 0.4) is 0 Å². The molecule has 3 rings (SSSR count). The Morgan fingerprint density at radius 2 is 2.30 bits per heavy atom. The van der Waals surface area contributed by atoms with Gasteiger partial charge in [0.2, 0.25) is 0 Å². The molecular weight excluding hydrogens is 262 g/mol. The highest BCUT2D eigenvalue weighted by Gasteiger charge is 2.35. The van der Waals surface area contributed by atoms with Crippen molar-refractivity contribution < 1.29 is 14.9 Å². The number of nitrogens with one attached hydrogen (secondary N) is 1. The molecule has 0 spiro atoms. The quantitative estimate of drug-likeness (QED) is 0.717. The van der Waals surface area contributed by atoms with Gasteiger partial charge >= 0.3 is 0 Å². The van der Waals surface area contributed by atoms with Crippen molar-refractivity contribution in [2.45, 2.75) is 31.8 Å². The SMILES string of the molecule is CCNc1ncnc2c1ncn2[C@H]1C[C@@H](O)[C@@H](CO)O1. The summed E-state index contributed by atoms with van der Waals surface area (Å²) in [5.74, 6) is 0.675. The standard InChI is InChI=1S/C12H17N5O3/c1-2-13-11-10-12(15-5-14-11)17(6-16-10)9-3-7(19)8(4-18)20-9/h5-9,18-19H,2-4H2,1H3,(H,13,14,15)/t7-,8-,9-/m1/s1. The Morgan fingerprint density at radius 1 is 1.45 bits per heavy atom. The average molecular weight is 279 g/mol. The van der Waals surface area contributed by atoms with Crippen molar-refractivity contribution in [3.05, 3.63) is 12.7 Å². The van der Waals surface area contributed by atoms with Gasteiger partial charge in [0.25, 0.3) is 0 Å². The first kappa shape index (κ1) is 13.2. The van der Waals surface area contributed by atoms with Gasteiger partial charge in [-0.05, 0) is 6.92 Å². The number of aromatic nitrogens is 4. The van der Waals surface area contributed by atoms with Crippen LogP contribution < -0.4 is 5.32 Å². The Balaban J connectivity index is 1.95. The monoisotopic (exact) mass is 279 g/mol. The summed E-state index contributed by atoms with van der Waals surface area (Å²) in [6.07, 6.45) is 1.86. The molecule has 0 radical (unpaired) electrons. The van der Waals surface area contributed by atoms with Crippen molar-refractivity contribution in [1.29, 1.82) is 0 Å². The summed E-state index contributed by atoms with van der Waals surface area (Å²) in [5.41, 5.74) is 1.31. The van der Waals surface area contributed by atoms with Gasteiger partial charge in [0.1, 0.15) is 18.7 Å². The van der Waals surface area contributed by atoms with Crippen LogP contribution in [0.25, 0.3) is 11.2 Å². The molecule has 1 fully saturated rings. The molecule has 3 heterocycles. The van der Waals surface area contributed by atoms with Crippen LogP contribution in [-0.2, 0) is 4.74 Å². The number of hydrogen-bond donors (Lipinski definition) is 3. The van der Waals surface area contributed by atoms with Gasteiger partial charge in [-0.25, -0.2) is 15.0 Å². The fraction of sp³-hybridized carbons (Fsp3) is 0.583. The normalized spacial score (nSPS) is 26.2. The van der Waals surface area contributed by atoms with Crippen molar-refractivity contribution in [2.24, 2.45) is 0 Å². The summed E-state index contributed by atoms with van der Waals surface area (Å²) in [6, 6.07) is 0. The van der Waals surface area contributed by atoms with E-state index in [9.17, 15) is 5.11 Å². The number of nitrogens with zero attached hydrogens (tertiary/aromatic N) is 4. The van der Waals surface area contributed by atoms with Gasteiger partial charge in [0.15, 0.2) is 17.0 Å². The molecule has 0 unspecified atom stereocenters. The highest BCUT2D eigenvalue weighted by Crippen LogP contribution is 2.31. The lowest BCUT2D eigenvalue weighted by molar-refractivity contribution is -0.0432. The molecule has 1 saturated heterocycles. The molecule has 0 amide bonds. The van der Waals surface area contributed by atoms with Gasteiger partial charge < -0.3 is 20.3 Å². The summed E-state index contributed by atoms with van der Waals surface area (Å²) < 4.78 is 7.38. The number of anilines is 1. The maximum absolute atomic E-state index is 9.81. The summed E-state index contributed by atoms with van der Waals surface area (Å²) in [7, 11) is 0. The van der Waals surface area contributed by atoms with E-state index in [-0.39, 0.29) is 12.8 Å². The molecule has 108 valence electrons. The van der Waals surface area contributed by atoms with E-state index in [1.165, 1.54) is 6.33 Å². The Kier molecular flexibility index (Phi) is 3.51. The first-order chi connectivity index (χ1) is 9.74. The molecule has 2 aromatic heterocycles. The third-order valence-corrected chi connectivity index (χ3v) is 3.40. The van der Waals surface area contributed by atoms with Gasteiger partial charge in [-0.15, -0.1) is 0 Å². The summed E-state index contributed by atoms with van der Waals surface area (Å²) in [6.45, 7) is 2.51. The van der Waals surface area contributed by atoms with E-state index < -0.39 is 12.2 Å². The minimum absolute atomic E-state index is 0.206. The lowest BCUT2D eigenvalue weighted by Crippen LogP contribution is -2.24. The zero-order chi connectivity index (χ0) is 14.1. The first-order valence-corrected chi connectivity index (χ1v) is 6.60. The molecule has 3 atom stereocenters. The van der Waals surface area contributed by atoms with Gasteiger partial charge in [-0.3, -0.25) is 4.57 Å². The molecule has 0 aliphatic carbocycles. The summed E-state index contributed by atoms with van der Waals surface area (Å²) in [5, 5.41) is 22.1. The largest absolute Gasteiger partial charge is 0.394 e. The Labute approximate surface area is 115 Å². The van der Waals surface area contributed by atoms with E-state index >= 15 is 0 Å². The second-order valence-corrected chi connectivity index (χ2v) is 4.69. The Hall–Kier alpha value is -1.77. The van der Waals surface area contributed by atoms with Crippen LogP contribution in [0.5, 0.6) is 0 Å². The van der Waals surface area contributed by atoms with Crippen LogP contribution >= 0.6 is 0 Å². The number of ether oxygens (including phenoxy) is 1. The van der Waals surface area contributed by atoms with Gasteiger partial charge in [0, 0.05) is 13.0 Å². The third kappa shape index (κ3) is 2.11. The highest BCUT2D eigenvalue weighted by atomic mass is 16.5. The molecule has 2 aromatic rings. The fourth-order valence-corrected chi connectivity index (χ4v) is 2.41. The zero-order valence-corrected chi connectivity index (χ0v) is 11.1. The van der Waals surface area contributed by atoms with Crippen molar-refractivity contribution in [3.63, 3.8) is 0 Å². The molecule has 1 aliphatic rings. The number of fused-ring (bicyclic) bond motifs is 1. The van der Waals surface area contributed by atoms with Crippen molar-refractivity contribution in [2.75, 3.05) is 18.5 Å². The second-order valence-electron chi connectivity index (χ2n) is 4.69. The van der Waals surface area contributed by atoms with E-state index in [1.807, 2.05) is 6.92 Å². The lowest BCUT2D eigenvalue weighted by Gasteiger charge is -2.13.